The number of oxazole rings is 1. The first-order valence-corrected chi connectivity index (χ1v) is 8.89. The summed E-state index contributed by atoms with van der Waals surface area (Å²) in [5.41, 5.74) is 1.52. The fourth-order valence-corrected chi connectivity index (χ4v) is 3.38. The molecule has 0 bridgehead atoms. The van der Waals surface area contributed by atoms with E-state index in [2.05, 4.69) is 32.3 Å². The summed E-state index contributed by atoms with van der Waals surface area (Å²) in [5, 5.41) is 1.47. The van der Waals surface area contributed by atoms with Gasteiger partial charge in [0, 0.05) is 11.5 Å². The van der Waals surface area contributed by atoms with Gasteiger partial charge in [-0.3, -0.25) is 0 Å². The third-order valence-corrected chi connectivity index (χ3v) is 4.73. The molecule has 0 unspecified atom stereocenters. The molecule has 0 radical (unpaired) electrons. The summed E-state index contributed by atoms with van der Waals surface area (Å²) >= 11 is 0. The van der Waals surface area contributed by atoms with Crippen LogP contribution in [-0.4, -0.2) is 13.0 Å². The van der Waals surface area contributed by atoms with Gasteiger partial charge in [-0.05, 0) is 57.3 Å². The monoisotopic (exact) mass is 333 g/mol. The second kappa shape index (κ2) is 5.04. The molecule has 0 saturated heterocycles. The Morgan fingerprint density at radius 2 is 1.87 bits per heavy atom. The van der Waals surface area contributed by atoms with Crippen LogP contribution >= 0.6 is 0 Å². The predicted molar refractivity (Wildman–Crippen MR) is 86.3 cm³/mol. The third kappa shape index (κ3) is 2.62. The van der Waals surface area contributed by atoms with Crippen LogP contribution in [0.3, 0.4) is 0 Å². The molecule has 0 atom stereocenters. The molecular formula is C17H19NO4S. The van der Waals surface area contributed by atoms with E-state index in [0.29, 0.717) is 11.0 Å². The molecule has 5 nitrogen and oxygen atoms in total. The highest BCUT2D eigenvalue weighted by Gasteiger charge is 2.33. The van der Waals surface area contributed by atoms with Crippen LogP contribution in [0.4, 0.5) is 0 Å². The van der Waals surface area contributed by atoms with Gasteiger partial charge in [-0.25, -0.2) is 8.42 Å². The van der Waals surface area contributed by atoms with Crippen molar-refractivity contribution < 1.29 is 22.0 Å². The standard InChI is InChI=1S/C17H19NO4S/c1-5-18-14-9-6-11-10-12(23(19,20)21)7-8-13(11)15(14)22-16(18)17(2,3)4/h6-10H,5H2,1-4H3. The van der Waals surface area contributed by atoms with Crippen LogP contribution in [-0.2, 0) is 22.1 Å². The zero-order valence-electron chi connectivity index (χ0n) is 13.6. The Morgan fingerprint density at radius 3 is 2.43 bits per heavy atom. The highest BCUT2D eigenvalue weighted by molar-refractivity contribution is 7.85. The minimum atomic E-state index is -4.46. The number of nitrogens with zero attached hydrogens (tertiary/aromatic N) is 1. The van der Waals surface area contributed by atoms with E-state index in [0.717, 1.165) is 23.3 Å². The van der Waals surface area contributed by atoms with E-state index in [1.807, 2.05) is 12.1 Å². The number of fused-ring (bicyclic) bond motifs is 3. The predicted octanol–water partition coefficient (Wildman–Crippen LogP) is 3.10. The van der Waals surface area contributed by atoms with Gasteiger partial charge in [-0.15, -0.1) is 0 Å². The lowest BCUT2D eigenvalue weighted by Gasteiger charge is -2.09. The molecule has 0 spiro atoms. The number of benzene rings is 2. The average Bonchev–Trinajstić information content (AvgIpc) is 2.84. The van der Waals surface area contributed by atoms with Crippen molar-refractivity contribution >= 4 is 32.0 Å². The van der Waals surface area contributed by atoms with Crippen LogP contribution in [0.2, 0.25) is 0 Å². The lowest BCUT2D eigenvalue weighted by molar-refractivity contribution is -0.684. The van der Waals surface area contributed by atoms with E-state index in [9.17, 15) is 13.0 Å². The molecule has 0 fully saturated rings. The van der Waals surface area contributed by atoms with Gasteiger partial charge in [-0.1, -0.05) is 0 Å². The number of rotatable bonds is 2. The Hall–Kier alpha value is -1.92. The van der Waals surface area contributed by atoms with Crippen molar-refractivity contribution in [2.75, 3.05) is 0 Å². The van der Waals surface area contributed by atoms with E-state index < -0.39 is 10.1 Å². The largest absolute Gasteiger partial charge is 0.744 e. The van der Waals surface area contributed by atoms with E-state index in [4.69, 9.17) is 4.42 Å². The highest BCUT2D eigenvalue weighted by atomic mass is 32.2. The molecule has 1 heterocycles. The van der Waals surface area contributed by atoms with E-state index in [1.54, 1.807) is 6.07 Å². The van der Waals surface area contributed by atoms with Crippen molar-refractivity contribution in [2.45, 2.75) is 44.6 Å². The maximum absolute atomic E-state index is 11.2. The van der Waals surface area contributed by atoms with Gasteiger partial charge < -0.3 is 8.97 Å². The SMILES string of the molecule is CC[n+]1c(C(C)(C)C)oc2c3ccc(S(=O)(=O)[O-])cc3ccc21. The lowest BCUT2D eigenvalue weighted by atomic mass is 9.96. The normalized spacial score (nSPS) is 13.1. The molecule has 122 valence electrons. The molecule has 0 saturated carbocycles. The van der Waals surface area contributed by atoms with Crippen molar-refractivity contribution in [1.82, 2.24) is 0 Å². The second-order valence-electron chi connectivity index (χ2n) is 6.65. The first kappa shape index (κ1) is 16.0. The van der Waals surface area contributed by atoms with E-state index >= 15 is 0 Å². The van der Waals surface area contributed by atoms with Crippen molar-refractivity contribution in [2.24, 2.45) is 0 Å². The molecule has 3 aromatic rings. The average molecular weight is 333 g/mol. The first-order valence-electron chi connectivity index (χ1n) is 7.48. The number of aromatic nitrogens is 1. The van der Waals surface area contributed by atoms with Gasteiger partial charge >= 0.3 is 5.89 Å². The molecule has 0 aliphatic rings. The molecule has 0 aliphatic carbocycles. The van der Waals surface area contributed by atoms with Crippen LogP contribution < -0.4 is 4.57 Å². The molecule has 3 rings (SSSR count). The molecule has 6 heteroatoms. The number of hydrogen-bond acceptors (Lipinski definition) is 4. The van der Waals surface area contributed by atoms with Gasteiger partial charge in [0.2, 0.25) is 5.58 Å². The summed E-state index contributed by atoms with van der Waals surface area (Å²) in [4.78, 5) is -0.227. The van der Waals surface area contributed by atoms with Crippen LogP contribution in [0.5, 0.6) is 0 Å². The Kier molecular flexibility index (Phi) is 3.50. The third-order valence-electron chi connectivity index (χ3n) is 3.90. The first-order chi connectivity index (χ1) is 10.6. The van der Waals surface area contributed by atoms with Gasteiger partial charge in [0.15, 0.2) is 0 Å². The maximum Gasteiger partial charge on any atom is 0.353 e. The van der Waals surface area contributed by atoms with Gasteiger partial charge in [0.05, 0.1) is 10.3 Å². The summed E-state index contributed by atoms with van der Waals surface area (Å²) in [6.07, 6.45) is 0. The van der Waals surface area contributed by atoms with Crippen LogP contribution in [0.1, 0.15) is 33.6 Å². The van der Waals surface area contributed by atoms with Crippen molar-refractivity contribution in [3.05, 3.63) is 36.2 Å². The number of aryl methyl sites for hydroxylation is 1. The fourth-order valence-electron chi connectivity index (χ4n) is 2.88. The van der Waals surface area contributed by atoms with Crippen LogP contribution in [0.25, 0.3) is 21.9 Å². The zero-order valence-corrected chi connectivity index (χ0v) is 14.4. The lowest BCUT2D eigenvalue weighted by Crippen LogP contribution is -2.40. The molecule has 0 N–H and O–H groups in total. The summed E-state index contributed by atoms with van der Waals surface area (Å²) < 4.78 is 41.8. The molecule has 2 aromatic carbocycles. The second-order valence-corrected chi connectivity index (χ2v) is 8.03. The highest BCUT2D eigenvalue weighted by Crippen LogP contribution is 2.30. The van der Waals surface area contributed by atoms with Crippen LogP contribution in [0, 0.1) is 0 Å². The fraction of sp³-hybridized carbons (Fsp3) is 0.353. The summed E-state index contributed by atoms with van der Waals surface area (Å²) in [7, 11) is -4.46. The minimum absolute atomic E-state index is 0.153. The molecule has 0 amide bonds. The summed E-state index contributed by atoms with van der Waals surface area (Å²) in [6, 6.07) is 8.09. The maximum atomic E-state index is 11.2. The topological polar surface area (TPSA) is 74.2 Å². The Labute approximate surface area is 135 Å². The Bertz CT molecular complexity index is 1010. The minimum Gasteiger partial charge on any atom is -0.744 e. The smallest absolute Gasteiger partial charge is 0.353 e. The summed E-state index contributed by atoms with van der Waals surface area (Å²) in [5.74, 6) is 0.864. The van der Waals surface area contributed by atoms with Crippen molar-refractivity contribution in [3.63, 3.8) is 0 Å². The molecule has 0 aliphatic heterocycles. The quantitative estimate of drug-likeness (QED) is 0.533. The van der Waals surface area contributed by atoms with Gasteiger partial charge in [0.25, 0.3) is 5.52 Å². The van der Waals surface area contributed by atoms with E-state index in [-0.39, 0.29) is 10.3 Å². The van der Waals surface area contributed by atoms with Crippen molar-refractivity contribution in [1.29, 1.82) is 0 Å². The van der Waals surface area contributed by atoms with Gasteiger partial charge in [-0.2, -0.15) is 4.57 Å². The van der Waals surface area contributed by atoms with Crippen molar-refractivity contribution in [3.8, 4) is 0 Å². The van der Waals surface area contributed by atoms with Gasteiger partial charge in [0.1, 0.15) is 16.7 Å². The molecular weight excluding hydrogens is 314 g/mol. The van der Waals surface area contributed by atoms with E-state index in [1.165, 1.54) is 12.1 Å². The zero-order chi connectivity index (χ0) is 17.0. The number of hydrogen-bond donors (Lipinski definition) is 0. The van der Waals surface area contributed by atoms with Crippen LogP contribution in [0.15, 0.2) is 39.6 Å². The Balaban J connectivity index is 2.38. The molecule has 1 aromatic heterocycles. The molecule has 23 heavy (non-hydrogen) atoms. The Morgan fingerprint density at radius 1 is 1.17 bits per heavy atom. The summed E-state index contributed by atoms with van der Waals surface area (Å²) in [6.45, 7) is 9.09.